The Hall–Kier alpha value is -1.92. The fourth-order valence-corrected chi connectivity index (χ4v) is 5.58. The summed E-state index contributed by atoms with van der Waals surface area (Å²) in [4.78, 5) is 9.17. The lowest BCUT2D eigenvalue weighted by Crippen LogP contribution is -2.58. The van der Waals surface area contributed by atoms with Crippen molar-refractivity contribution in [2.24, 2.45) is 0 Å². The van der Waals surface area contributed by atoms with Crippen LogP contribution < -0.4 is 14.2 Å². The maximum absolute atomic E-state index is 5.79. The number of nitrogens with one attached hydrogen (secondary N) is 1. The van der Waals surface area contributed by atoms with Crippen LogP contribution in [-0.4, -0.2) is 61.9 Å². The van der Waals surface area contributed by atoms with Crippen LogP contribution in [0.4, 0.5) is 0 Å². The van der Waals surface area contributed by atoms with Gasteiger partial charge < -0.3 is 19.2 Å². The second-order valence-electron chi connectivity index (χ2n) is 7.89. The number of ether oxygens (including phenoxy) is 3. The number of aromatic nitrogens is 1. The highest BCUT2D eigenvalue weighted by Crippen LogP contribution is 2.49. The normalized spacial score (nSPS) is 25.6. The van der Waals surface area contributed by atoms with Gasteiger partial charge in [0.1, 0.15) is 0 Å². The van der Waals surface area contributed by atoms with E-state index in [9.17, 15) is 0 Å². The Morgan fingerprint density at radius 1 is 0.963 bits per heavy atom. The molecule has 3 aliphatic heterocycles. The van der Waals surface area contributed by atoms with Crippen LogP contribution in [0.15, 0.2) is 6.07 Å². The standard InChI is InChI=1S/C21H29N3O3/c1-25-16-12-14-18(21(27-3)20(16)26-2)13-7-11-24-15(19(13)22-14)8-10-23-9-5-4-6-17(23)24/h12,15,17,22H,4-11H2,1-3H3/t15-,17-/m0/s1. The van der Waals surface area contributed by atoms with Gasteiger partial charge in [0.15, 0.2) is 11.5 Å². The van der Waals surface area contributed by atoms with E-state index in [-0.39, 0.29) is 0 Å². The van der Waals surface area contributed by atoms with E-state index < -0.39 is 0 Å². The van der Waals surface area contributed by atoms with Crippen LogP contribution in [0, 0.1) is 0 Å². The topological polar surface area (TPSA) is 50.0 Å². The van der Waals surface area contributed by atoms with Gasteiger partial charge in [-0.3, -0.25) is 9.80 Å². The number of benzene rings is 1. The number of methoxy groups -OCH3 is 3. The maximum Gasteiger partial charge on any atom is 0.204 e. The molecule has 2 atom stereocenters. The van der Waals surface area contributed by atoms with Gasteiger partial charge in [0.25, 0.3) is 0 Å². The summed E-state index contributed by atoms with van der Waals surface area (Å²) in [6.07, 6.45) is 6.85. The molecule has 0 saturated carbocycles. The second kappa shape index (κ2) is 6.60. The molecule has 0 amide bonds. The van der Waals surface area contributed by atoms with E-state index in [0.717, 1.165) is 29.6 Å². The zero-order valence-electron chi connectivity index (χ0n) is 16.5. The van der Waals surface area contributed by atoms with Gasteiger partial charge in [0.05, 0.1) is 39.1 Å². The minimum Gasteiger partial charge on any atom is -0.493 e. The number of piperidine rings is 1. The molecule has 146 valence electrons. The molecule has 0 spiro atoms. The highest BCUT2D eigenvalue weighted by Gasteiger charge is 2.41. The van der Waals surface area contributed by atoms with E-state index in [0.29, 0.717) is 23.7 Å². The smallest absolute Gasteiger partial charge is 0.204 e. The number of aromatic amines is 1. The van der Waals surface area contributed by atoms with E-state index in [1.165, 1.54) is 50.0 Å². The molecule has 1 aromatic heterocycles. The average molecular weight is 371 g/mol. The molecule has 0 aliphatic carbocycles. The number of fused-ring (bicyclic) bond motifs is 7. The van der Waals surface area contributed by atoms with Crippen LogP contribution >= 0.6 is 0 Å². The fourth-order valence-electron chi connectivity index (χ4n) is 5.58. The molecule has 0 radical (unpaired) electrons. The van der Waals surface area contributed by atoms with Crippen molar-refractivity contribution in [2.75, 3.05) is 41.0 Å². The summed E-state index contributed by atoms with van der Waals surface area (Å²) in [6, 6.07) is 2.52. The second-order valence-corrected chi connectivity index (χ2v) is 7.89. The lowest BCUT2D eigenvalue weighted by Gasteiger charge is -2.52. The lowest BCUT2D eigenvalue weighted by molar-refractivity contribution is -0.0599. The molecule has 1 aromatic carbocycles. The first kappa shape index (κ1) is 17.2. The molecule has 2 fully saturated rings. The SMILES string of the molecule is COc1cc2[nH]c3c(c2c(OC)c1OC)CCN1[C@H]3CCN2CCCC[C@@H]21. The average Bonchev–Trinajstić information content (AvgIpc) is 3.10. The molecule has 3 aliphatic rings. The van der Waals surface area contributed by atoms with Crippen molar-refractivity contribution >= 4 is 10.9 Å². The van der Waals surface area contributed by atoms with Crippen LogP contribution in [-0.2, 0) is 6.42 Å². The highest BCUT2D eigenvalue weighted by atomic mass is 16.5. The van der Waals surface area contributed by atoms with Crippen LogP contribution in [0.1, 0.15) is 43.0 Å². The molecule has 4 heterocycles. The van der Waals surface area contributed by atoms with Gasteiger partial charge in [0.2, 0.25) is 5.75 Å². The van der Waals surface area contributed by atoms with Gasteiger partial charge in [-0.25, -0.2) is 0 Å². The Morgan fingerprint density at radius 2 is 1.81 bits per heavy atom. The minimum absolute atomic E-state index is 0.474. The summed E-state index contributed by atoms with van der Waals surface area (Å²) in [6.45, 7) is 3.57. The monoisotopic (exact) mass is 371 g/mol. The van der Waals surface area contributed by atoms with Crippen LogP contribution in [0.2, 0.25) is 0 Å². The third-order valence-corrected chi connectivity index (χ3v) is 6.73. The summed E-state index contributed by atoms with van der Waals surface area (Å²) < 4.78 is 17.0. The largest absolute Gasteiger partial charge is 0.493 e. The van der Waals surface area contributed by atoms with E-state index in [4.69, 9.17) is 14.2 Å². The molecule has 2 aromatic rings. The minimum atomic E-state index is 0.474. The molecule has 6 nitrogen and oxygen atoms in total. The lowest BCUT2D eigenvalue weighted by atomic mass is 9.90. The number of hydrogen-bond acceptors (Lipinski definition) is 5. The third kappa shape index (κ3) is 2.46. The molecular formula is C21H29N3O3. The van der Waals surface area contributed by atoms with Crippen LogP contribution in [0.5, 0.6) is 17.2 Å². The summed E-state index contributed by atoms with van der Waals surface area (Å²) in [5.74, 6) is 2.17. The zero-order valence-corrected chi connectivity index (χ0v) is 16.5. The molecule has 0 unspecified atom stereocenters. The summed E-state index contributed by atoms with van der Waals surface area (Å²) in [5.41, 5.74) is 3.85. The predicted octanol–water partition coefficient (Wildman–Crippen LogP) is 3.31. The fraction of sp³-hybridized carbons (Fsp3) is 0.619. The Balaban J connectivity index is 1.63. The van der Waals surface area contributed by atoms with Gasteiger partial charge in [-0.15, -0.1) is 0 Å². The van der Waals surface area contributed by atoms with Crippen molar-refractivity contribution in [3.8, 4) is 17.2 Å². The Bertz CT molecular complexity index is 862. The first-order valence-corrected chi connectivity index (χ1v) is 10.1. The first-order chi connectivity index (χ1) is 13.3. The van der Waals surface area contributed by atoms with E-state index in [2.05, 4.69) is 20.9 Å². The van der Waals surface area contributed by atoms with Gasteiger partial charge in [0, 0.05) is 30.2 Å². The van der Waals surface area contributed by atoms with Gasteiger partial charge >= 0.3 is 0 Å². The van der Waals surface area contributed by atoms with Crippen molar-refractivity contribution < 1.29 is 14.2 Å². The van der Waals surface area contributed by atoms with E-state index >= 15 is 0 Å². The Morgan fingerprint density at radius 3 is 2.59 bits per heavy atom. The summed E-state index contributed by atoms with van der Waals surface area (Å²) in [5, 5.41) is 1.16. The quantitative estimate of drug-likeness (QED) is 0.897. The van der Waals surface area contributed by atoms with Crippen LogP contribution in [0.25, 0.3) is 10.9 Å². The van der Waals surface area contributed by atoms with E-state index in [1.54, 1.807) is 21.3 Å². The van der Waals surface area contributed by atoms with E-state index in [1.807, 2.05) is 0 Å². The molecule has 6 heteroatoms. The number of H-pyrrole nitrogens is 1. The summed E-state index contributed by atoms with van der Waals surface area (Å²) >= 11 is 0. The van der Waals surface area contributed by atoms with Crippen molar-refractivity contribution in [3.05, 3.63) is 17.3 Å². The first-order valence-electron chi connectivity index (χ1n) is 10.1. The van der Waals surface area contributed by atoms with Crippen molar-refractivity contribution in [2.45, 2.75) is 44.3 Å². The maximum atomic E-state index is 5.79. The van der Waals surface area contributed by atoms with Gasteiger partial charge in [-0.1, -0.05) is 0 Å². The molecule has 5 rings (SSSR count). The Kier molecular flexibility index (Phi) is 4.20. The molecule has 0 bridgehead atoms. The molecule has 2 saturated heterocycles. The molecular weight excluding hydrogens is 342 g/mol. The zero-order chi connectivity index (χ0) is 18.5. The number of rotatable bonds is 3. The Labute approximate surface area is 160 Å². The third-order valence-electron chi connectivity index (χ3n) is 6.73. The van der Waals surface area contributed by atoms with Crippen molar-refractivity contribution in [1.29, 1.82) is 0 Å². The van der Waals surface area contributed by atoms with Crippen LogP contribution in [0.3, 0.4) is 0 Å². The summed E-state index contributed by atoms with van der Waals surface area (Å²) in [7, 11) is 5.06. The number of nitrogens with zero attached hydrogens (tertiary/aromatic N) is 2. The van der Waals surface area contributed by atoms with Crippen molar-refractivity contribution in [1.82, 2.24) is 14.8 Å². The van der Waals surface area contributed by atoms with Crippen molar-refractivity contribution in [3.63, 3.8) is 0 Å². The van der Waals surface area contributed by atoms with Gasteiger partial charge in [-0.2, -0.15) is 0 Å². The van der Waals surface area contributed by atoms with Gasteiger partial charge in [-0.05, 0) is 44.2 Å². The number of hydrogen-bond donors (Lipinski definition) is 1. The molecule has 27 heavy (non-hydrogen) atoms. The highest BCUT2D eigenvalue weighted by molar-refractivity contribution is 5.95. The molecule has 1 N–H and O–H groups in total. The predicted molar refractivity (Wildman–Crippen MR) is 105 cm³/mol.